The van der Waals surface area contributed by atoms with E-state index in [-0.39, 0.29) is 12.0 Å². The molecule has 6 nitrogen and oxygen atoms in total. The number of hydrogen-bond donors (Lipinski definition) is 2. The number of hydrogen-bond acceptors (Lipinski definition) is 4. The third-order valence-corrected chi connectivity index (χ3v) is 3.48. The number of nitrogens with one attached hydrogen (secondary N) is 1. The van der Waals surface area contributed by atoms with Crippen LogP contribution >= 0.6 is 0 Å². The van der Waals surface area contributed by atoms with Crippen molar-refractivity contribution in [3.05, 3.63) is 29.8 Å². The van der Waals surface area contributed by atoms with Gasteiger partial charge in [-0.05, 0) is 43.9 Å². The molecule has 0 aliphatic carbocycles. The highest BCUT2D eigenvalue weighted by Gasteiger charge is 2.14. The van der Waals surface area contributed by atoms with E-state index in [1.807, 2.05) is 0 Å². The predicted molar refractivity (Wildman–Crippen MR) is 80.1 cm³/mol. The van der Waals surface area contributed by atoms with E-state index in [0.29, 0.717) is 17.9 Å². The molecule has 2 rings (SSSR count). The van der Waals surface area contributed by atoms with Crippen molar-refractivity contribution < 1.29 is 24.2 Å². The standard InChI is InChI=1S/C16H21NO5/c18-15(19)11-22-14-6-3-4-12(10-14)16(20)17-8-7-13-5-1-2-9-21-13/h3-4,6,10,13H,1-2,5,7-9,11H2,(H,17,20)(H,18,19). The van der Waals surface area contributed by atoms with Crippen molar-refractivity contribution in [2.45, 2.75) is 31.8 Å². The Bertz CT molecular complexity index is 511. The van der Waals surface area contributed by atoms with Crippen LogP contribution in [-0.4, -0.2) is 42.8 Å². The molecule has 120 valence electrons. The molecule has 1 aromatic rings. The fraction of sp³-hybridized carbons (Fsp3) is 0.500. The highest BCUT2D eigenvalue weighted by Crippen LogP contribution is 2.15. The Labute approximate surface area is 129 Å². The van der Waals surface area contributed by atoms with Crippen LogP contribution in [0.5, 0.6) is 5.75 Å². The van der Waals surface area contributed by atoms with Crippen LogP contribution in [0.3, 0.4) is 0 Å². The first kappa shape index (κ1) is 16.3. The Kier molecular flexibility index (Phi) is 6.21. The van der Waals surface area contributed by atoms with Gasteiger partial charge in [0.15, 0.2) is 6.61 Å². The minimum absolute atomic E-state index is 0.198. The fourth-order valence-corrected chi connectivity index (χ4v) is 2.36. The molecule has 1 unspecified atom stereocenters. The largest absolute Gasteiger partial charge is 0.482 e. The van der Waals surface area contributed by atoms with E-state index < -0.39 is 12.6 Å². The van der Waals surface area contributed by atoms with E-state index in [2.05, 4.69) is 5.32 Å². The van der Waals surface area contributed by atoms with Gasteiger partial charge in [-0.1, -0.05) is 6.07 Å². The lowest BCUT2D eigenvalue weighted by atomic mass is 10.1. The van der Waals surface area contributed by atoms with Crippen LogP contribution in [0, 0.1) is 0 Å². The van der Waals surface area contributed by atoms with Crippen molar-refractivity contribution in [3.8, 4) is 5.75 Å². The zero-order chi connectivity index (χ0) is 15.8. The Hall–Kier alpha value is -2.08. The van der Waals surface area contributed by atoms with Crippen molar-refractivity contribution in [3.63, 3.8) is 0 Å². The lowest BCUT2D eigenvalue weighted by Crippen LogP contribution is -2.29. The van der Waals surface area contributed by atoms with Crippen molar-refractivity contribution in [2.75, 3.05) is 19.8 Å². The number of aliphatic carboxylic acids is 1. The van der Waals surface area contributed by atoms with Gasteiger partial charge in [0.05, 0.1) is 6.10 Å². The molecule has 2 N–H and O–H groups in total. The van der Waals surface area contributed by atoms with Gasteiger partial charge in [0.2, 0.25) is 0 Å². The zero-order valence-corrected chi connectivity index (χ0v) is 12.4. The fourth-order valence-electron chi connectivity index (χ4n) is 2.36. The van der Waals surface area contributed by atoms with Gasteiger partial charge in [-0.15, -0.1) is 0 Å². The molecule has 22 heavy (non-hydrogen) atoms. The zero-order valence-electron chi connectivity index (χ0n) is 12.4. The molecular weight excluding hydrogens is 286 g/mol. The molecule has 1 aliphatic rings. The average molecular weight is 307 g/mol. The summed E-state index contributed by atoms with van der Waals surface area (Å²) in [5.74, 6) is -0.885. The molecule has 1 heterocycles. The highest BCUT2D eigenvalue weighted by molar-refractivity contribution is 5.94. The maximum Gasteiger partial charge on any atom is 0.341 e. The van der Waals surface area contributed by atoms with Gasteiger partial charge < -0.3 is 19.9 Å². The molecule has 0 aromatic heterocycles. The molecule has 0 radical (unpaired) electrons. The normalized spacial score (nSPS) is 17.7. The Balaban J connectivity index is 1.78. The van der Waals surface area contributed by atoms with Gasteiger partial charge in [0.25, 0.3) is 5.91 Å². The van der Waals surface area contributed by atoms with Crippen LogP contribution in [0.25, 0.3) is 0 Å². The van der Waals surface area contributed by atoms with Crippen molar-refractivity contribution >= 4 is 11.9 Å². The van der Waals surface area contributed by atoms with E-state index in [9.17, 15) is 9.59 Å². The summed E-state index contributed by atoms with van der Waals surface area (Å²) in [5.41, 5.74) is 0.451. The van der Waals surface area contributed by atoms with Crippen LogP contribution in [0.2, 0.25) is 0 Å². The van der Waals surface area contributed by atoms with Crippen LogP contribution in [0.1, 0.15) is 36.0 Å². The number of benzene rings is 1. The lowest BCUT2D eigenvalue weighted by Gasteiger charge is -2.22. The van der Waals surface area contributed by atoms with Gasteiger partial charge in [-0.25, -0.2) is 4.79 Å². The molecule has 1 aliphatic heterocycles. The van der Waals surface area contributed by atoms with E-state index >= 15 is 0 Å². The average Bonchev–Trinajstić information content (AvgIpc) is 2.54. The number of carbonyl (C=O) groups excluding carboxylic acids is 1. The first-order valence-electron chi connectivity index (χ1n) is 7.49. The topological polar surface area (TPSA) is 84.9 Å². The summed E-state index contributed by atoms with van der Waals surface area (Å²) in [6.45, 7) is 0.940. The molecule has 1 amide bonds. The summed E-state index contributed by atoms with van der Waals surface area (Å²) in [6.07, 6.45) is 4.39. The second kappa shape index (κ2) is 8.38. The maximum absolute atomic E-state index is 12.1. The van der Waals surface area contributed by atoms with Gasteiger partial charge in [0.1, 0.15) is 5.75 Å². The maximum atomic E-state index is 12.1. The first-order chi connectivity index (χ1) is 10.6. The SMILES string of the molecule is O=C(O)COc1cccc(C(=O)NCCC2CCCCO2)c1. The van der Waals surface area contributed by atoms with Gasteiger partial charge in [0, 0.05) is 18.7 Å². The second-order valence-corrected chi connectivity index (χ2v) is 5.24. The van der Waals surface area contributed by atoms with Gasteiger partial charge in [-0.3, -0.25) is 4.79 Å². The molecule has 0 spiro atoms. The summed E-state index contributed by atoms with van der Waals surface area (Å²) in [7, 11) is 0. The summed E-state index contributed by atoms with van der Waals surface area (Å²) in [5, 5.41) is 11.4. The molecule has 1 aromatic carbocycles. The Morgan fingerprint density at radius 3 is 2.95 bits per heavy atom. The number of carbonyl (C=O) groups is 2. The van der Waals surface area contributed by atoms with Crippen LogP contribution in [0.4, 0.5) is 0 Å². The van der Waals surface area contributed by atoms with E-state index in [0.717, 1.165) is 25.9 Å². The van der Waals surface area contributed by atoms with Crippen LogP contribution in [0.15, 0.2) is 24.3 Å². The summed E-state index contributed by atoms with van der Waals surface area (Å²) in [6, 6.07) is 6.49. The van der Waals surface area contributed by atoms with Crippen LogP contribution in [-0.2, 0) is 9.53 Å². The monoisotopic (exact) mass is 307 g/mol. The van der Waals surface area contributed by atoms with Crippen molar-refractivity contribution in [1.29, 1.82) is 0 Å². The number of amides is 1. The molecule has 0 bridgehead atoms. The molecule has 0 saturated carbocycles. The quantitative estimate of drug-likeness (QED) is 0.803. The Morgan fingerprint density at radius 2 is 2.23 bits per heavy atom. The van der Waals surface area contributed by atoms with Crippen molar-refractivity contribution in [2.24, 2.45) is 0 Å². The summed E-state index contributed by atoms with van der Waals surface area (Å²) in [4.78, 5) is 22.5. The molecule has 6 heteroatoms. The number of carboxylic acid groups (broad SMARTS) is 1. The van der Waals surface area contributed by atoms with Gasteiger partial charge in [-0.2, -0.15) is 0 Å². The summed E-state index contributed by atoms with van der Waals surface area (Å²) < 4.78 is 10.7. The number of rotatable bonds is 7. The summed E-state index contributed by atoms with van der Waals surface area (Å²) >= 11 is 0. The number of ether oxygens (including phenoxy) is 2. The molecular formula is C16H21NO5. The molecule has 1 atom stereocenters. The highest BCUT2D eigenvalue weighted by atomic mass is 16.5. The molecule has 1 fully saturated rings. The van der Waals surface area contributed by atoms with E-state index in [1.54, 1.807) is 18.2 Å². The molecule has 1 saturated heterocycles. The van der Waals surface area contributed by atoms with Crippen LogP contribution < -0.4 is 10.1 Å². The first-order valence-corrected chi connectivity index (χ1v) is 7.49. The predicted octanol–water partition coefficient (Wildman–Crippen LogP) is 1.84. The lowest BCUT2D eigenvalue weighted by molar-refractivity contribution is -0.139. The minimum atomic E-state index is -1.05. The number of carboxylic acids is 1. The van der Waals surface area contributed by atoms with Crippen molar-refractivity contribution in [1.82, 2.24) is 5.32 Å². The second-order valence-electron chi connectivity index (χ2n) is 5.24. The minimum Gasteiger partial charge on any atom is -0.482 e. The smallest absolute Gasteiger partial charge is 0.341 e. The Morgan fingerprint density at radius 1 is 1.36 bits per heavy atom. The van der Waals surface area contributed by atoms with E-state index in [4.69, 9.17) is 14.6 Å². The third kappa shape index (κ3) is 5.37. The van der Waals surface area contributed by atoms with Gasteiger partial charge >= 0.3 is 5.97 Å². The third-order valence-electron chi connectivity index (χ3n) is 3.48. The van der Waals surface area contributed by atoms with E-state index in [1.165, 1.54) is 12.5 Å².